The number of hydrogen-bond donors (Lipinski definition) is 2. The van der Waals surface area contributed by atoms with E-state index in [9.17, 15) is 10.0 Å². The second-order valence-corrected chi connectivity index (χ2v) is 4.77. The van der Waals surface area contributed by atoms with E-state index in [0.717, 1.165) is 6.42 Å². The van der Waals surface area contributed by atoms with E-state index in [4.69, 9.17) is 5.73 Å². The highest BCUT2D eigenvalue weighted by atomic mass is 32.1. The van der Waals surface area contributed by atoms with Gasteiger partial charge >= 0.3 is 6.03 Å². The Labute approximate surface area is 92.3 Å². The first kappa shape index (κ1) is 10.4. The van der Waals surface area contributed by atoms with Gasteiger partial charge in [-0.1, -0.05) is 0 Å². The third-order valence-corrected chi connectivity index (χ3v) is 3.74. The molecule has 5 heteroatoms. The van der Waals surface area contributed by atoms with Crippen LogP contribution in [-0.2, 0) is 0 Å². The fourth-order valence-corrected chi connectivity index (χ4v) is 2.72. The Morgan fingerprint density at radius 3 is 3.07 bits per heavy atom. The number of primary amides is 1. The van der Waals surface area contributed by atoms with E-state index < -0.39 is 6.03 Å². The van der Waals surface area contributed by atoms with E-state index in [-0.39, 0.29) is 6.04 Å². The van der Waals surface area contributed by atoms with Crippen molar-refractivity contribution in [3.8, 4) is 0 Å². The minimum absolute atomic E-state index is 0.201. The fraction of sp³-hybridized carbons (Fsp3) is 0.500. The molecule has 1 aliphatic rings. The normalized spacial score (nSPS) is 26.0. The van der Waals surface area contributed by atoms with Crippen LogP contribution in [0.1, 0.15) is 24.8 Å². The highest BCUT2D eigenvalue weighted by Gasteiger charge is 2.45. The average molecular weight is 226 g/mol. The Kier molecular flexibility index (Phi) is 2.67. The molecule has 1 aromatic rings. The smallest absolute Gasteiger partial charge is 0.338 e. The van der Waals surface area contributed by atoms with Crippen molar-refractivity contribution in [3.63, 3.8) is 0 Å². The number of carbonyl (C=O) groups is 1. The lowest BCUT2D eigenvalue weighted by molar-refractivity contribution is -0.0760. The molecule has 3 atom stereocenters. The maximum absolute atomic E-state index is 10.8. The molecule has 0 spiro atoms. The van der Waals surface area contributed by atoms with E-state index in [0.29, 0.717) is 16.9 Å². The summed E-state index contributed by atoms with van der Waals surface area (Å²) in [4.78, 5) is 10.8. The van der Waals surface area contributed by atoms with E-state index in [1.807, 2.05) is 12.3 Å². The van der Waals surface area contributed by atoms with Crippen molar-refractivity contribution >= 4 is 17.4 Å². The first-order valence-electron chi connectivity index (χ1n) is 4.91. The summed E-state index contributed by atoms with van der Waals surface area (Å²) in [7, 11) is 0. The van der Waals surface area contributed by atoms with Crippen LogP contribution in [-0.4, -0.2) is 22.3 Å². The van der Waals surface area contributed by atoms with Gasteiger partial charge in [-0.15, -0.1) is 0 Å². The van der Waals surface area contributed by atoms with Gasteiger partial charge in [0, 0.05) is 0 Å². The topological polar surface area (TPSA) is 66.6 Å². The highest BCUT2D eigenvalue weighted by Crippen LogP contribution is 2.50. The lowest BCUT2D eigenvalue weighted by Gasteiger charge is -2.20. The Balaban J connectivity index is 1.96. The maximum Gasteiger partial charge on any atom is 0.338 e. The number of hydrogen-bond acceptors (Lipinski definition) is 3. The van der Waals surface area contributed by atoms with Crippen molar-refractivity contribution in [2.24, 2.45) is 11.7 Å². The van der Waals surface area contributed by atoms with Gasteiger partial charge in [-0.05, 0) is 47.6 Å². The first-order chi connectivity index (χ1) is 7.11. The summed E-state index contributed by atoms with van der Waals surface area (Å²) in [5.41, 5.74) is 6.31. The Morgan fingerprint density at radius 2 is 2.53 bits per heavy atom. The van der Waals surface area contributed by atoms with Gasteiger partial charge in [0.2, 0.25) is 0 Å². The van der Waals surface area contributed by atoms with E-state index >= 15 is 0 Å². The molecule has 1 fully saturated rings. The predicted octanol–water partition coefficient (Wildman–Crippen LogP) is 2.01. The summed E-state index contributed by atoms with van der Waals surface area (Å²) in [5, 5.41) is 14.2. The molecule has 1 saturated carbocycles. The second kappa shape index (κ2) is 3.83. The van der Waals surface area contributed by atoms with Gasteiger partial charge in [0.05, 0.1) is 6.04 Å². The number of hydroxylamine groups is 2. The SMILES string of the molecule is CC(C1CC1c1ccsc1)N(O)C(N)=O. The molecule has 0 radical (unpaired) electrons. The third kappa shape index (κ3) is 1.98. The summed E-state index contributed by atoms with van der Waals surface area (Å²) >= 11 is 1.67. The van der Waals surface area contributed by atoms with Crippen molar-refractivity contribution in [2.75, 3.05) is 0 Å². The van der Waals surface area contributed by atoms with Crippen molar-refractivity contribution in [1.29, 1.82) is 0 Å². The van der Waals surface area contributed by atoms with Gasteiger partial charge in [-0.25, -0.2) is 9.86 Å². The Morgan fingerprint density at radius 1 is 1.80 bits per heavy atom. The molecule has 1 heterocycles. The van der Waals surface area contributed by atoms with E-state index in [1.54, 1.807) is 11.3 Å². The van der Waals surface area contributed by atoms with E-state index in [1.165, 1.54) is 5.56 Å². The van der Waals surface area contributed by atoms with Crippen LogP contribution in [0.25, 0.3) is 0 Å². The molecule has 4 nitrogen and oxygen atoms in total. The van der Waals surface area contributed by atoms with Crippen LogP contribution in [0.4, 0.5) is 4.79 Å². The molecule has 1 aliphatic carbocycles. The number of urea groups is 1. The maximum atomic E-state index is 10.8. The highest BCUT2D eigenvalue weighted by molar-refractivity contribution is 7.08. The molecule has 82 valence electrons. The number of carbonyl (C=O) groups excluding carboxylic acids is 1. The first-order valence-corrected chi connectivity index (χ1v) is 5.85. The van der Waals surface area contributed by atoms with Crippen molar-refractivity contribution in [1.82, 2.24) is 5.06 Å². The van der Waals surface area contributed by atoms with Gasteiger partial charge in [-0.3, -0.25) is 5.21 Å². The zero-order valence-corrected chi connectivity index (χ0v) is 9.28. The molecule has 3 N–H and O–H groups in total. The van der Waals surface area contributed by atoms with Gasteiger partial charge < -0.3 is 5.73 Å². The monoisotopic (exact) mass is 226 g/mol. The van der Waals surface area contributed by atoms with Crippen molar-refractivity contribution < 1.29 is 10.0 Å². The fourth-order valence-electron chi connectivity index (χ4n) is 2.00. The number of nitrogens with zero attached hydrogens (tertiary/aromatic N) is 1. The van der Waals surface area contributed by atoms with Crippen molar-refractivity contribution in [3.05, 3.63) is 22.4 Å². The standard InChI is InChI=1S/C10H14N2O2S/c1-6(12(14)10(11)13)8-4-9(8)7-2-3-15-5-7/h2-3,5-6,8-9,14H,4H2,1H3,(H2,11,13). The summed E-state index contributed by atoms with van der Waals surface area (Å²) in [6.07, 6.45) is 1.02. The van der Waals surface area contributed by atoms with Crippen LogP contribution < -0.4 is 5.73 Å². The molecular formula is C10H14N2O2S. The minimum Gasteiger partial charge on any atom is -0.350 e. The summed E-state index contributed by atoms with van der Waals surface area (Å²) in [6.45, 7) is 1.82. The van der Waals surface area contributed by atoms with Crippen LogP contribution in [0, 0.1) is 5.92 Å². The third-order valence-electron chi connectivity index (χ3n) is 3.04. The lowest BCUT2D eigenvalue weighted by Crippen LogP contribution is -2.40. The van der Waals surface area contributed by atoms with Gasteiger partial charge in [0.15, 0.2) is 0 Å². The number of thiophene rings is 1. The van der Waals surface area contributed by atoms with Crippen molar-refractivity contribution in [2.45, 2.75) is 25.3 Å². The Hall–Kier alpha value is -1.07. The average Bonchev–Trinajstić information content (AvgIpc) is 2.82. The van der Waals surface area contributed by atoms with Crippen LogP contribution >= 0.6 is 11.3 Å². The molecule has 0 aliphatic heterocycles. The van der Waals surface area contributed by atoms with Crippen LogP contribution in [0.2, 0.25) is 0 Å². The zero-order valence-electron chi connectivity index (χ0n) is 8.46. The van der Waals surface area contributed by atoms with Gasteiger partial charge in [-0.2, -0.15) is 11.3 Å². The molecule has 15 heavy (non-hydrogen) atoms. The van der Waals surface area contributed by atoms with Crippen LogP contribution in [0.3, 0.4) is 0 Å². The quantitative estimate of drug-likeness (QED) is 0.611. The summed E-state index contributed by atoms with van der Waals surface area (Å²) in [6, 6.07) is 1.11. The predicted molar refractivity (Wildman–Crippen MR) is 57.8 cm³/mol. The number of nitrogens with two attached hydrogens (primary N) is 1. The van der Waals surface area contributed by atoms with Gasteiger partial charge in [0.1, 0.15) is 0 Å². The molecule has 2 amide bonds. The number of rotatable bonds is 3. The summed E-state index contributed by atoms with van der Waals surface area (Å²) < 4.78 is 0. The zero-order chi connectivity index (χ0) is 11.0. The molecule has 0 aromatic carbocycles. The van der Waals surface area contributed by atoms with Crippen LogP contribution in [0.15, 0.2) is 16.8 Å². The Bertz CT molecular complexity index is 352. The number of amides is 2. The van der Waals surface area contributed by atoms with Gasteiger partial charge in [0.25, 0.3) is 0 Å². The molecule has 0 saturated heterocycles. The lowest BCUT2D eigenvalue weighted by atomic mass is 10.1. The molecular weight excluding hydrogens is 212 g/mol. The van der Waals surface area contributed by atoms with E-state index in [2.05, 4.69) is 11.4 Å². The molecule has 3 unspecified atom stereocenters. The summed E-state index contributed by atoms with van der Waals surface area (Å²) in [5.74, 6) is 0.803. The molecule has 0 bridgehead atoms. The molecule has 2 rings (SSSR count). The minimum atomic E-state index is -0.779. The second-order valence-electron chi connectivity index (χ2n) is 3.99. The van der Waals surface area contributed by atoms with Crippen LogP contribution in [0.5, 0.6) is 0 Å². The molecule has 1 aromatic heterocycles. The largest absolute Gasteiger partial charge is 0.350 e.